The van der Waals surface area contributed by atoms with Crippen LogP contribution in [0, 0.1) is 0 Å². The van der Waals surface area contributed by atoms with Crippen LogP contribution >= 0.6 is 0 Å². The van der Waals surface area contributed by atoms with Crippen LogP contribution in [0.15, 0.2) is 9.98 Å². The van der Waals surface area contributed by atoms with Crippen molar-refractivity contribution in [2.75, 3.05) is 6.54 Å². The van der Waals surface area contributed by atoms with Gasteiger partial charge in [-0.1, -0.05) is 0 Å². The zero-order valence-electron chi connectivity index (χ0n) is 5.96. The molecule has 2 nitrogen and oxygen atoms in total. The molecule has 9 heavy (non-hydrogen) atoms. The van der Waals surface area contributed by atoms with Gasteiger partial charge in [0.05, 0.1) is 12.6 Å². The maximum Gasteiger partial charge on any atom is 0.0737 e. The average molecular weight is 124 g/mol. The van der Waals surface area contributed by atoms with E-state index in [1.807, 2.05) is 6.21 Å². The van der Waals surface area contributed by atoms with Gasteiger partial charge < -0.3 is 0 Å². The molecule has 0 bridgehead atoms. The standard InChI is InChI=1S/C7H12N2/c1-6-5-7(2)9-4-3-8-6/h3,6H,4-5H2,1-2H3. The molecule has 1 atom stereocenters. The Bertz CT molecular complexity index is 147. The van der Waals surface area contributed by atoms with Gasteiger partial charge in [0.25, 0.3) is 0 Å². The third kappa shape index (κ3) is 1.96. The molecular weight excluding hydrogens is 112 g/mol. The van der Waals surface area contributed by atoms with Crippen molar-refractivity contribution in [3.63, 3.8) is 0 Å². The summed E-state index contributed by atoms with van der Waals surface area (Å²) in [7, 11) is 0. The molecule has 0 amide bonds. The molecule has 0 aromatic rings. The molecular formula is C7H12N2. The maximum absolute atomic E-state index is 4.24. The van der Waals surface area contributed by atoms with E-state index in [1.165, 1.54) is 5.71 Å². The van der Waals surface area contributed by atoms with Gasteiger partial charge in [-0.25, -0.2) is 0 Å². The van der Waals surface area contributed by atoms with Gasteiger partial charge in [-0.3, -0.25) is 9.98 Å². The smallest absolute Gasteiger partial charge is 0.0737 e. The lowest BCUT2D eigenvalue weighted by Crippen LogP contribution is -2.02. The summed E-state index contributed by atoms with van der Waals surface area (Å²) >= 11 is 0. The number of hydrogen-bond acceptors (Lipinski definition) is 2. The van der Waals surface area contributed by atoms with Crippen molar-refractivity contribution in [3.8, 4) is 0 Å². The first kappa shape index (κ1) is 6.46. The van der Waals surface area contributed by atoms with Gasteiger partial charge in [-0.15, -0.1) is 0 Å². The van der Waals surface area contributed by atoms with Crippen molar-refractivity contribution >= 4 is 11.9 Å². The van der Waals surface area contributed by atoms with E-state index in [1.54, 1.807) is 0 Å². The Kier molecular flexibility index (Phi) is 1.98. The van der Waals surface area contributed by atoms with Gasteiger partial charge in [-0.2, -0.15) is 0 Å². The topological polar surface area (TPSA) is 24.7 Å². The third-order valence-corrected chi connectivity index (χ3v) is 1.39. The van der Waals surface area contributed by atoms with Crippen LogP contribution in [0.1, 0.15) is 20.3 Å². The minimum Gasteiger partial charge on any atom is -0.292 e. The van der Waals surface area contributed by atoms with Crippen LogP contribution in [-0.2, 0) is 0 Å². The van der Waals surface area contributed by atoms with Crippen molar-refractivity contribution in [2.45, 2.75) is 26.3 Å². The Morgan fingerprint density at radius 2 is 2.44 bits per heavy atom. The van der Waals surface area contributed by atoms with Crippen LogP contribution in [0.3, 0.4) is 0 Å². The fraction of sp³-hybridized carbons (Fsp3) is 0.714. The molecule has 0 aliphatic carbocycles. The molecule has 2 heteroatoms. The predicted molar refractivity (Wildman–Crippen MR) is 40.5 cm³/mol. The van der Waals surface area contributed by atoms with Crippen LogP contribution in [0.4, 0.5) is 0 Å². The molecule has 0 spiro atoms. The molecule has 1 aliphatic rings. The summed E-state index contributed by atoms with van der Waals surface area (Å²) in [6.07, 6.45) is 2.91. The molecule has 1 aliphatic heterocycles. The lowest BCUT2D eigenvalue weighted by molar-refractivity contribution is 0.787. The van der Waals surface area contributed by atoms with Gasteiger partial charge >= 0.3 is 0 Å². The first-order valence-electron chi connectivity index (χ1n) is 3.30. The monoisotopic (exact) mass is 124 g/mol. The largest absolute Gasteiger partial charge is 0.292 e. The van der Waals surface area contributed by atoms with E-state index in [0.717, 1.165) is 13.0 Å². The molecule has 1 unspecified atom stereocenters. The summed E-state index contributed by atoms with van der Waals surface area (Å²) in [5, 5.41) is 0. The first-order valence-corrected chi connectivity index (χ1v) is 3.30. The van der Waals surface area contributed by atoms with E-state index in [0.29, 0.717) is 6.04 Å². The fourth-order valence-corrected chi connectivity index (χ4v) is 0.969. The normalized spacial score (nSPS) is 27.3. The molecule has 50 valence electrons. The summed E-state index contributed by atoms with van der Waals surface area (Å²) < 4.78 is 0. The van der Waals surface area contributed by atoms with Gasteiger partial charge in [0, 0.05) is 18.3 Å². The van der Waals surface area contributed by atoms with Crippen LogP contribution in [0.5, 0.6) is 0 Å². The van der Waals surface area contributed by atoms with Gasteiger partial charge in [0.2, 0.25) is 0 Å². The van der Waals surface area contributed by atoms with Crippen molar-refractivity contribution < 1.29 is 0 Å². The fourth-order valence-electron chi connectivity index (χ4n) is 0.969. The lowest BCUT2D eigenvalue weighted by atomic mass is 10.2. The highest BCUT2D eigenvalue weighted by atomic mass is 14.8. The van der Waals surface area contributed by atoms with Crippen LogP contribution < -0.4 is 0 Å². The van der Waals surface area contributed by atoms with E-state index in [-0.39, 0.29) is 0 Å². The highest BCUT2D eigenvalue weighted by molar-refractivity contribution is 5.84. The van der Waals surface area contributed by atoms with Crippen LogP contribution in [0.2, 0.25) is 0 Å². The lowest BCUT2D eigenvalue weighted by Gasteiger charge is -2.00. The summed E-state index contributed by atoms with van der Waals surface area (Å²) in [6, 6.07) is 0.441. The molecule has 0 N–H and O–H groups in total. The molecule has 0 radical (unpaired) electrons. The molecule has 1 heterocycles. The number of aliphatic imine (C=N–C) groups is 2. The Morgan fingerprint density at radius 1 is 1.67 bits per heavy atom. The van der Waals surface area contributed by atoms with E-state index >= 15 is 0 Å². The van der Waals surface area contributed by atoms with Crippen LogP contribution in [-0.4, -0.2) is 24.5 Å². The first-order chi connectivity index (χ1) is 4.29. The zero-order valence-corrected chi connectivity index (χ0v) is 5.96. The van der Waals surface area contributed by atoms with E-state index in [2.05, 4.69) is 23.8 Å². The quantitative estimate of drug-likeness (QED) is 0.465. The van der Waals surface area contributed by atoms with E-state index in [4.69, 9.17) is 0 Å². The van der Waals surface area contributed by atoms with Gasteiger partial charge in [-0.05, 0) is 13.8 Å². The second kappa shape index (κ2) is 2.76. The molecule has 0 aromatic heterocycles. The van der Waals surface area contributed by atoms with E-state index in [9.17, 15) is 0 Å². The highest BCUT2D eigenvalue weighted by Crippen LogP contribution is 2.00. The molecule has 1 rings (SSSR count). The minimum atomic E-state index is 0.441. The Balaban J connectivity index is 2.58. The highest BCUT2D eigenvalue weighted by Gasteiger charge is 2.01. The molecule has 0 aromatic carbocycles. The summed E-state index contributed by atoms with van der Waals surface area (Å²) in [5.74, 6) is 0. The number of rotatable bonds is 0. The van der Waals surface area contributed by atoms with Crippen molar-refractivity contribution in [3.05, 3.63) is 0 Å². The van der Waals surface area contributed by atoms with Crippen molar-refractivity contribution in [1.82, 2.24) is 0 Å². The van der Waals surface area contributed by atoms with Gasteiger partial charge in [0.1, 0.15) is 0 Å². The summed E-state index contributed by atoms with van der Waals surface area (Å²) in [5.41, 5.74) is 1.22. The third-order valence-electron chi connectivity index (χ3n) is 1.39. The minimum absolute atomic E-state index is 0.441. The van der Waals surface area contributed by atoms with E-state index < -0.39 is 0 Å². The van der Waals surface area contributed by atoms with Crippen molar-refractivity contribution in [2.24, 2.45) is 9.98 Å². The Morgan fingerprint density at radius 3 is 3.22 bits per heavy atom. The Hall–Kier alpha value is -0.660. The summed E-state index contributed by atoms with van der Waals surface area (Å²) in [6.45, 7) is 4.95. The summed E-state index contributed by atoms with van der Waals surface area (Å²) in [4.78, 5) is 8.48. The second-order valence-corrected chi connectivity index (χ2v) is 2.46. The van der Waals surface area contributed by atoms with Gasteiger partial charge in [0.15, 0.2) is 0 Å². The van der Waals surface area contributed by atoms with Crippen LogP contribution in [0.25, 0.3) is 0 Å². The molecule has 0 saturated heterocycles. The SMILES string of the molecule is CC1=NCC=NC(C)C1. The average Bonchev–Trinajstić information content (AvgIpc) is 1.93. The molecule has 0 fully saturated rings. The molecule has 0 saturated carbocycles. The number of nitrogens with zero attached hydrogens (tertiary/aromatic N) is 2. The predicted octanol–water partition coefficient (Wildman–Crippen LogP) is 1.31. The van der Waals surface area contributed by atoms with Crippen molar-refractivity contribution in [1.29, 1.82) is 0 Å². The second-order valence-electron chi connectivity index (χ2n) is 2.46. The maximum atomic E-state index is 4.24. The Labute approximate surface area is 55.7 Å². The zero-order chi connectivity index (χ0) is 6.69. The number of hydrogen-bond donors (Lipinski definition) is 0.